The molecule has 1 aliphatic rings. The first-order chi connectivity index (χ1) is 38.5. The van der Waals surface area contributed by atoms with Crippen molar-refractivity contribution >= 4 is 115 Å². The third-order valence-corrected chi connectivity index (χ3v) is 17.6. The van der Waals surface area contributed by atoms with Crippen LogP contribution in [0.4, 0.5) is 5.82 Å². The predicted octanol–water partition coefficient (Wildman–Crippen LogP) is 6.89. The van der Waals surface area contributed by atoms with Gasteiger partial charge in [-0.3, -0.25) is 28.8 Å². The molecule has 0 spiro atoms. The molecule has 0 unspecified atom stereocenters. The van der Waals surface area contributed by atoms with Gasteiger partial charge in [0.25, 0.3) is 17.7 Å². The lowest BCUT2D eigenvalue weighted by atomic mass is 10.0. The Bertz CT molecular complexity index is 3680. The van der Waals surface area contributed by atoms with Gasteiger partial charge in [0, 0.05) is 58.3 Å². The van der Waals surface area contributed by atoms with Gasteiger partial charge in [0.2, 0.25) is 17.7 Å². The van der Waals surface area contributed by atoms with E-state index in [2.05, 4.69) is 46.9 Å². The molecular formula is C51H47N13O10S6. The average Bonchev–Trinajstić information content (AvgIpc) is 4.33. The van der Waals surface area contributed by atoms with Gasteiger partial charge in [0.05, 0.1) is 42.2 Å². The van der Waals surface area contributed by atoms with Gasteiger partial charge >= 0.3 is 5.97 Å². The number of carbonyl (C=O) groups excluding carboxylic acids is 6. The topological polar surface area (TPSA) is 332 Å². The molecule has 8 N–H and O–H groups in total. The quantitative estimate of drug-likeness (QED) is 0.0611. The second kappa shape index (κ2) is 25.0. The maximum atomic E-state index is 14.2. The number of aryl methyl sites for hydroxylation is 1. The van der Waals surface area contributed by atoms with Crippen molar-refractivity contribution in [2.45, 2.75) is 58.0 Å². The van der Waals surface area contributed by atoms with E-state index in [1.165, 1.54) is 36.8 Å². The van der Waals surface area contributed by atoms with Gasteiger partial charge in [0.1, 0.15) is 82.2 Å². The molecule has 1 aliphatic heterocycles. The number of anilines is 1. The number of carboxylic acids is 1. The van der Waals surface area contributed by atoms with Crippen molar-refractivity contribution in [2.24, 2.45) is 5.92 Å². The molecule has 7 aromatic heterocycles. The number of fused-ring (bicyclic) bond motifs is 14. The number of aliphatic hydroxyl groups is 1. The fourth-order valence-corrected chi connectivity index (χ4v) is 13.5. The number of hydrogen-bond acceptors (Lipinski definition) is 22. The lowest BCUT2D eigenvalue weighted by Gasteiger charge is -2.23. The van der Waals surface area contributed by atoms with Crippen molar-refractivity contribution in [3.05, 3.63) is 124 Å². The first kappa shape index (κ1) is 56.8. The van der Waals surface area contributed by atoms with Gasteiger partial charge in [0.15, 0.2) is 0 Å². The summed E-state index contributed by atoms with van der Waals surface area (Å²) in [5, 5.41) is 46.2. The highest BCUT2D eigenvalue weighted by molar-refractivity contribution is 7.15. The minimum absolute atomic E-state index is 0.00340. The Hall–Kier alpha value is -7.90. The summed E-state index contributed by atoms with van der Waals surface area (Å²) in [6, 6.07) is 9.32. The number of nitrogens with one attached hydrogen (secondary N) is 6. The van der Waals surface area contributed by atoms with Crippen LogP contribution in [0, 0.1) is 12.8 Å². The fraction of sp³-hybridized carbons (Fsp3) is 0.255. The molecule has 8 heterocycles. The normalized spacial score (nSPS) is 16.6. The average molecular weight is 1190 g/mol. The number of rotatable bonds is 11. The van der Waals surface area contributed by atoms with Gasteiger partial charge in [-0.2, -0.15) is 0 Å². The number of amides is 6. The highest BCUT2D eigenvalue weighted by Crippen LogP contribution is 2.40. The Labute approximate surface area is 479 Å². The zero-order valence-electron chi connectivity index (χ0n) is 42.8. The number of ether oxygens (including phenoxy) is 1. The van der Waals surface area contributed by atoms with Crippen LogP contribution in [0.2, 0.25) is 0 Å². The lowest BCUT2D eigenvalue weighted by molar-refractivity contribution is -0.131. The Morgan fingerprint density at radius 3 is 2.17 bits per heavy atom. The zero-order valence-corrected chi connectivity index (χ0v) is 47.7. The van der Waals surface area contributed by atoms with E-state index in [4.69, 9.17) is 29.8 Å². The van der Waals surface area contributed by atoms with Gasteiger partial charge in [-0.15, -0.1) is 68.0 Å². The second-order valence-corrected chi connectivity index (χ2v) is 23.6. The standard InChI is InChI=1S/C51H47N13O10S6/c1-22(2)37-51-64-40(31(80-51)17-74-5)44(72)53-16-35(67)61-41(42(70)24-9-7-6-8-10-24)50-58-30(20-77-50)48-56-28(18-76-48)39-25(11-12-26(54-39)47-60-32(21-78-47)59-33(65)13-14-36(68)69)46-57-29(19-75-46)43(71)55-27(15-34(66)52-4)49-63-38(23(3)79-49)45(73)62-37/h6-14,18-22,27,37,41-42,70H,15-17H2,1-5H3,(H,52,66)(H,53,72)(H,55,71)(H,59,65)(H,61,67)(H,62,73)(H,68,69)/b14-13-/t27-,37-,41-,42-/m0/s1. The Kier molecular flexibility index (Phi) is 17.8. The molecule has 4 atom stereocenters. The smallest absolute Gasteiger partial charge is 0.328 e. The zero-order chi connectivity index (χ0) is 56.8. The first-order valence-corrected chi connectivity index (χ1v) is 29.3. The maximum Gasteiger partial charge on any atom is 0.328 e. The molecule has 0 aliphatic carbocycles. The number of thiazole rings is 6. The minimum Gasteiger partial charge on any atom is -0.478 e. The number of carboxylic acid groups (broad SMARTS) is 1. The molecule has 8 aromatic rings. The first-order valence-electron chi connectivity index (χ1n) is 24.1. The fourth-order valence-electron chi connectivity index (χ4n) is 7.96. The molecular weight excluding hydrogens is 1150 g/mol. The van der Waals surface area contributed by atoms with E-state index < -0.39 is 72.2 Å². The van der Waals surface area contributed by atoms with Crippen molar-refractivity contribution in [1.29, 1.82) is 0 Å². The molecule has 6 amide bonds. The maximum absolute atomic E-state index is 14.2. The number of carbonyl (C=O) groups is 7. The Morgan fingerprint density at radius 1 is 0.713 bits per heavy atom. The summed E-state index contributed by atoms with van der Waals surface area (Å²) in [6.07, 6.45) is 0.0519. The number of aliphatic hydroxyl groups excluding tert-OH is 1. The third kappa shape index (κ3) is 13.1. The number of aromatic nitrogens is 7. The Morgan fingerprint density at radius 2 is 1.43 bits per heavy atom. The summed E-state index contributed by atoms with van der Waals surface area (Å²) in [4.78, 5) is 127. The van der Waals surface area contributed by atoms with Crippen molar-refractivity contribution in [2.75, 3.05) is 26.0 Å². The van der Waals surface area contributed by atoms with Crippen molar-refractivity contribution < 1.29 is 48.5 Å². The van der Waals surface area contributed by atoms with E-state index in [1.807, 2.05) is 13.8 Å². The Balaban J connectivity index is 1.13. The number of nitrogens with zero attached hydrogens (tertiary/aromatic N) is 7. The summed E-state index contributed by atoms with van der Waals surface area (Å²) in [5.74, 6) is -5.03. The molecule has 0 saturated carbocycles. The molecule has 80 heavy (non-hydrogen) atoms. The molecule has 23 nitrogen and oxygen atoms in total. The van der Waals surface area contributed by atoms with E-state index in [-0.39, 0.29) is 46.9 Å². The number of pyridine rings is 1. The minimum atomic E-state index is -1.29. The van der Waals surface area contributed by atoms with E-state index in [1.54, 1.807) is 70.9 Å². The van der Waals surface area contributed by atoms with E-state index in [0.29, 0.717) is 74.8 Å². The molecule has 0 saturated heterocycles. The van der Waals surface area contributed by atoms with Crippen LogP contribution in [0.1, 0.15) is 106 Å². The summed E-state index contributed by atoms with van der Waals surface area (Å²) < 4.78 is 5.43. The van der Waals surface area contributed by atoms with Crippen LogP contribution in [0.25, 0.3) is 43.4 Å². The van der Waals surface area contributed by atoms with Gasteiger partial charge in [-0.1, -0.05) is 44.2 Å². The van der Waals surface area contributed by atoms with Gasteiger partial charge < -0.3 is 46.9 Å². The number of hydrogen-bond donors (Lipinski definition) is 8. The molecule has 10 bridgehead atoms. The molecule has 412 valence electrons. The van der Waals surface area contributed by atoms with Crippen LogP contribution in [-0.2, 0) is 30.5 Å². The second-order valence-electron chi connectivity index (χ2n) is 17.8. The number of benzene rings is 1. The van der Waals surface area contributed by atoms with E-state index in [9.17, 15) is 38.7 Å². The molecule has 9 rings (SSSR count). The molecule has 1 aromatic carbocycles. The van der Waals surface area contributed by atoms with Crippen LogP contribution in [-0.4, -0.2) is 107 Å². The number of aliphatic carboxylic acids is 1. The SMILES string of the molecule is CNC(=O)C[C@@H]1NC(=O)c2csc(n2)-c2ccc(-c3nc(NC(=O)/C=C\C(=O)O)cs3)nc2-c2csc(n2)-c2csc(n2)[C@H]([C@@H](O)c2ccccc2)NC(=O)CNC(=O)c2nc(sc2COC)[C@H](C(C)C)NC(=O)c2nc1sc2C. The highest BCUT2D eigenvalue weighted by atomic mass is 32.1. The number of methoxy groups -OCH3 is 1. The summed E-state index contributed by atoms with van der Waals surface area (Å²) in [7, 11) is 2.92. The van der Waals surface area contributed by atoms with E-state index in [0.717, 1.165) is 51.4 Å². The highest BCUT2D eigenvalue weighted by Gasteiger charge is 2.33. The summed E-state index contributed by atoms with van der Waals surface area (Å²) in [5.41, 5.74) is 2.49. The van der Waals surface area contributed by atoms with Crippen molar-refractivity contribution in [1.82, 2.24) is 61.5 Å². The van der Waals surface area contributed by atoms with Crippen molar-refractivity contribution in [3.63, 3.8) is 0 Å². The molecule has 0 fully saturated rings. The third-order valence-electron chi connectivity index (χ3n) is 11.9. The lowest BCUT2D eigenvalue weighted by Crippen LogP contribution is -2.40. The summed E-state index contributed by atoms with van der Waals surface area (Å²) in [6.45, 7) is 4.92. The largest absolute Gasteiger partial charge is 0.478 e. The summed E-state index contributed by atoms with van der Waals surface area (Å²) >= 11 is 7.02. The predicted molar refractivity (Wildman–Crippen MR) is 302 cm³/mol. The van der Waals surface area contributed by atoms with Crippen LogP contribution < -0.4 is 31.9 Å². The van der Waals surface area contributed by atoms with Gasteiger partial charge in [-0.25, -0.2) is 39.7 Å². The van der Waals surface area contributed by atoms with Crippen molar-refractivity contribution in [3.8, 4) is 43.4 Å². The van der Waals surface area contributed by atoms with E-state index >= 15 is 0 Å². The van der Waals surface area contributed by atoms with Crippen LogP contribution in [0.3, 0.4) is 0 Å². The monoisotopic (exact) mass is 1190 g/mol. The molecule has 0 radical (unpaired) electrons. The molecule has 29 heteroatoms. The van der Waals surface area contributed by atoms with Gasteiger partial charge in [-0.05, 0) is 30.5 Å². The van der Waals surface area contributed by atoms with Crippen LogP contribution in [0.5, 0.6) is 0 Å². The van der Waals surface area contributed by atoms with Crippen LogP contribution in [0.15, 0.2) is 76.1 Å². The van der Waals surface area contributed by atoms with Crippen LogP contribution >= 0.6 is 68.0 Å².